The Balaban J connectivity index is 2.33. The molecule has 0 saturated carbocycles. The Labute approximate surface area is 131 Å². The zero-order valence-corrected chi connectivity index (χ0v) is 12.8. The molecule has 0 aliphatic carbocycles. The zero-order chi connectivity index (χ0) is 15.0. The largest absolute Gasteiger partial charge is 0.278 e. The summed E-state index contributed by atoms with van der Waals surface area (Å²) < 4.78 is 15.9. The first-order chi connectivity index (χ1) is 10.1. The van der Waals surface area contributed by atoms with Crippen molar-refractivity contribution in [2.45, 2.75) is 13.3 Å². The molecule has 0 radical (unpaired) electrons. The average molecular weight is 324 g/mol. The van der Waals surface area contributed by atoms with Gasteiger partial charge in [-0.2, -0.15) is 0 Å². The molecule has 0 fully saturated rings. The van der Waals surface area contributed by atoms with E-state index >= 15 is 0 Å². The number of aryl methyl sites for hydroxylation is 2. The summed E-state index contributed by atoms with van der Waals surface area (Å²) in [6.45, 7) is 1.91. The van der Waals surface area contributed by atoms with E-state index < -0.39 is 0 Å². The van der Waals surface area contributed by atoms with Gasteiger partial charge >= 0.3 is 0 Å². The molecular weight excluding hydrogens is 312 g/mol. The molecule has 108 valence electrons. The number of alkyl halides is 1. The molecule has 0 atom stereocenters. The molecule has 0 amide bonds. The van der Waals surface area contributed by atoms with E-state index in [9.17, 15) is 4.39 Å². The summed E-state index contributed by atoms with van der Waals surface area (Å²) in [4.78, 5) is 8.76. The third-order valence-electron chi connectivity index (χ3n) is 3.19. The van der Waals surface area contributed by atoms with E-state index in [2.05, 4.69) is 9.97 Å². The summed E-state index contributed by atoms with van der Waals surface area (Å²) in [7, 11) is 0. The molecule has 2 heterocycles. The molecule has 3 rings (SSSR count). The van der Waals surface area contributed by atoms with E-state index in [1.54, 1.807) is 22.8 Å². The number of imidazole rings is 1. The fourth-order valence-corrected chi connectivity index (χ4v) is 2.61. The number of aromatic nitrogens is 3. The molecule has 0 aliphatic rings. The lowest BCUT2D eigenvalue weighted by Crippen LogP contribution is -2.05. The topological polar surface area (TPSA) is 30.7 Å². The molecule has 0 saturated heterocycles. The fraction of sp³-hybridized carbons (Fsp3) is 0.200. The van der Waals surface area contributed by atoms with E-state index in [1.807, 2.05) is 6.92 Å². The molecule has 0 bridgehead atoms. The number of hydrogen-bond donors (Lipinski definition) is 0. The van der Waals surface area contributed by atoms with Crippen LogP contribution in [0.15, 0.2) is 30.5 Å². The van der Waals surface area contributed by atoms with Gasteiger partial charge in [0.25, 0.3) is 0 Å². The van der Waals surface area contributed by atoms with Crippen LogP contribution in [0.5, 0.6) is 0 Å². The number of hydrogen-bond acceptors (Lipinski definition) is 2. The number of fused-ring (bicyclic) bond motifs is 1. The zero-order valence-electron chi connectivity index (χ0n) is 11.3. The SMILES string of the molecule is Cc1ccc(F)c(-n2c(CCCl)nc3cc(Cl)cnc32)c1. The van der Waals surface area contributed by atoms with Gasteiger partial charge in [-0.3, -0.25) is 4.57 Å². The minimum Gasteiger partial charge on any atom is -0.278 e. The van der Waals surface area contributed by atoms with Gasteiger partial charge in [0, 0.05) is 18.5 Å². The quantitative estimate of drug-likeness (QED) is 0.673. The molecule has 0 aliphatic heterocycles. The van der Waals surface area contributed by atoms with Crippen LogP contribution >= 0.6 is 23.2 Å². The van der Waals surface area contributed by atoms with Gasteiger partial charge in [-0.1, -0.05) is 17.7 Å². The van der Waals surface area contributed by atoms with Crippen LogP contribution in [0.25, 0.3) is 16.9 Å². The fourth-order valence-electron chi connectivity index (χ4n) is 2.29. The summed E-state index contributed by atoms with van der Waals surface area (Å²) in [5.41, 5.74) is 2.58. The molecule has 1 aromatic carbocycles. The monoisotopic (exact) mass is 323 g/mol. The van der Waals surface area contributed by atoms with Crippen molar-refractivity contribution in [2.24, 2.45) is 0 Å². The third-order valence-corrected chi connectivity index (χ3v) is 3.59. The van der Waals surface area contributed by atoms with Gasteiger partial charge in [0.05, 0.1) is 10.7 Å². The number of benzene rings is 1. The second-order valence-corrected chi connectivity index (χ2v) is 5.57. The van der Waals surface area contributed by atoms with Crippen LogP contribution in [0.1, 0.15) is 11.4 Å². The van der Waals surface area contributed by atoms with Crippen LogP contribution in [-0.2, 0) is 6.42 Å². The number of pyridine rings is 1. The lowest BCUT2D eigenvalue weighted by molar-refractivity contribution is 0.616. The maximum absolute atomic E-state index is 14.2. The molecule has 0 unspecified atom stereocenters. The summed E-state index contributed by atoms with van der Waals surface area (Å²) >= 11 is 11.8. The molecule has 0 spiro atoms. The van der Waals surface area contributed by atoms with Crippen molar-refractivity contribution in [2.75, 3.05) is 5.88 Å². The Kier molecular flexibility index (Phi) is 3.83. The van der Waals surface area contributed by atoms with Crippen molar-refractivity contribution in [3.63, 3.8) is 0 Å². The molecule has 0 N–H and O–H groups in total. The lowest BCUT2D eigenvalue weighted by Gasteiger charge is -2.10. The Bertz CT molecular complexity index is 814. The van der Waals surface area contributed by atoms with Gasteiger partial charge in [-0.05, 0) is 30.7 Å². The molecule has 21 heavy (non-hydrogen) atoms. The van der Waals surface area contributed by atoms with Crippen molar-refractivity contribution in [1.29, 1.82) is 0 Å². The van der Waals surface area contributed by atoms with Crippen molar-refractivity contribution >= 4 is 34.4 Å². The van der Waals surface area contributed by atoms with E-state index in [4.69, 9.17) is 23.2 Å². The minimum absolute atomic E-state index is 0.326. The van der Waals surface area contributed by atoms with Gasteiger partial charge in [0.1, 0.15) is 17.2 Å². The van der Waals surface area contributed by atoms with Gasteiger partial charge in [0.2, 0.25) is 0 Å². The summed E-state index contributed by atoms with van der Waals surface area (Å²) in [6, 6.07) is 6.65. The highest BCUT2D eigenvalue weighted by molar-refractivity contribution is 6.31. The molecule has 2 aromatic heterocycles. The standard InChI is InChI=1S/C15H12Cl2FN3/c1-9-2-3-11(18)13(6-9)21-14(4-5-16)20-12-7-10(17)8-19-15(12)21/h2-3,6-8H,4-5H2,1H3. The van der Waals surface area contributed by atoms with E-state index in [0.29, 0.717) is 40.0 Å². The van der Waals surface area contributed by atoms with Gasteiger partial charge in [-0.25, -0.2) is 14.4 Å². The van der Waals surface area contributed by atoms with Crippen molar-refractivity contribution < 1.29 is 4.39 Å². The molecular formula is C15H12Cl2FN3. The normalized spacial score (nSPS) is 11.2. The van der Waals surface area contributed by atoms with Crippen LogP contribution in [0.2, 0.25) is 5.02 Å². The average Bonchev–Trinajstić information content (AvgIpc) is 2.79. The first-order valence-electron chi connectivity index (χ1n) is 6.45. The van der Waals surface area contributed by atoms with Crippen LogP contribution in [-0.4, -0.2) is 20.4 Å². The minimum atomic E-state index is -0.326. The molecule has 6 heteroatoms. The summed E-state index contributed by atoms with van der Waals surface area (Å²) in [5, 5.41) is 0.495. The van der Waals surface area contributed by atoms with Crippen LogP contribution in [0.4, 0.5) is 4.39 Å². The highest BCUT2D eigenvalue weighted by atomic mass is 35.5. The first-order valence-corrected chi connectivity index (χ1v) is 7.37. The lowest BCUT2D eigenvalue weighted by atomic mass is 10.2. The van der Waals surface area contributed by atoms with E-state index in [1.165, 1.54) is 12.3 Å². The number of halogens is 3. The van der Waals surface area contributed by atoms with Gasteiger partial charge in [-0.15, -0.1) is 11.6 Å². The Morgan fingerprint density at radius 3 is 2.86 bits per heavy atom. The van der Waals surface area contributed by atoms with Crippen molar-refractivity contribution in [3.05, 3.63) is 52.7 Å². The maximum atomic E-state index is 14.2. The van der Waals surface area contributed by atoms with Crippen molar-refractivity contribution in [1.82, 2.24) is 14.5 Å². The Hall–Kier alpha value is -1.65. The van der Waals surface area contributed by atoms with Crippen molar-refractivity contribution in [3.8, 4) is 5.69 Å². The Morgan fingerprint density at radius 1 is 1.29 bits per heavy atom. The predicted molar refractivity (Wildman–Crippen MR) is 83.0 cm³/mol. The van der Waals surface area contributed by atoms with Crippen LogP contribution in [0, 0.1) is 12.7 Å². The first kappa shape index (κ1) is 14.3. The smallest absolute Gasteiger partial charge is 0.164 e. The highest BCUT2D eigenvalue weighted by Crippen LogP contribution is 2.25. The van der Waals surface area contributed by atoms with Gasteiger partial charge in [0.15, 0.2) is 5.65 Å². The van der Waals surface area contributed by atoms with E-state index in [0.717, 1.165) is 5.56 Å². The second-order valence-electron chi connectivity index (χ2n) is 4.75. The third kappa shape index (κ3) is 2.61. The summed E-state index contributed by atoms with van der Waals surface area (Å²) in [6.07, 6.45) is 2.04. The van der Waals surface area contributed by atoms with Gasteiger partial charge < -0.3 is 0 Å². The summed E-state index contributed by atoms with van der Waals surface area (Å²) in [5.74, 6) is 0.733. The number of nitrogens with zero attached hydrogens (tertiary/aromatic N) is 3. The predicted octanol–water partition coefficient (Wildman–Crippen LogP) is 4.30. The molecule has 3 aromatic rings. The number of rotatable bonds is 3. The Morgan fingerprint density at radius 2 is 2.10 bits per heavy atom. The van der Waals surface area contributed by atoms with Crippen LogP contribution < -0.4 is 0 Å². The highest BCUT2D eigenvalue weighted by Gasteiger charge is 2.16. The second kappa shape index (κ2) is 5.62. The maximum Gasteiger partial charge on any atom is 0.164 e. The molecule has 3 nitrogen and oxygen atoms in total. The van der Waals surface area contributed by atoms with E-state index in [-0.39, 0.29) is 5.82 Å². The van der Waals surface area contributed by atoms with Crippen LogP contribution in [0.3, 0.4) is 0 Å².